The van der Waals surface area contributed by atoms with Gasteiger partial charge in [-0.1, -0.05) is 48.0 Å². The zero-order valence-electron chi connectivity index (χ0n) is 14.1. The predicted octanol–water partition coefficient (Wildman–Crippen LogP) is 3.67. The second-order valence-electron chi connectivity index (χ2n) is 6.53. The lowest BCUT2D eigenvalue weighted by Gasteiger charge is -2.35. The Bertz CT molecular complexity index is 818. The second-order valence-corrected chi connectivity index (χ2v) is 6.53. The maximum atomic E-state index is 4.77. The molecule has 2 heterocycles. The first-order valence-electron chi connectivity index (χ1n) is 8.58. The highest BCUT2D eigenvalue weighted by molar-refractivity contribution is 5.79. The number of piperazine rings is 1. The maximum absolute atomic E-state index is 4.77. The molecule has 24 heavy (non-hydrogen) atoms. The van der Waals surface area contributed by atoms with Crippen molar-refractivity contribution in [1.82, 2.24) is 9.88 Å². The third-order valence-electron chi connectivity index (χ3n) is 4.73. The lowest BCUT2D eigenvalue weighted by atomic mass is 10.1. The van der Waals surface area contributed by atoms with E-state index >= 15 is 0 Å². The standard InChI is InChI=1S/C21H22N3/c1-17-6-8-18(9-7-17)16-23-12-14-24(15-13-23)21-11-10-19-4-2-3-5-20(19)22-21/h2-4,6-11H,12-16H2,1H3. The number of aromatic nitrogens is 1. The summed E-state index contributed by atoms with van der Waals surface area (Å²) in [5, 5.41) is 1.15. The first kappa shape index (κ1) is 15.2. The van der Waals surface area contributed by atoms with Crippen LogP contribution in [0.15, 0.2) is 54.6 Å². The van der Waals surface area contributed by atoms with Gasteiger partial charge >= 0.3 is 0 Å². The molecule has 0 amide bonds. The number of para-hydroxylation sites is 1. The van der Waals surface area contributed by atoms with Gasteiger partial charge in [-0.15, -0.1) is 0 Å². The van der Waals surface area contributed by atoms with Crippen LogP contribution in [0.1, 0.15) is 11.1 Å². The molecule has 121 valence electrons. The highest BCUT2D eigenvalue weighted by atomic mass is 15.3. The summed E-state index contributed by atoms with van der Waals surface area (Å²) in [4.78, 5) is 9.67. The van der Waals surface area contributed by atoms with Gasteiger partial charge in [-0.3, -0.25) is 4.90 Å². The summed E-state index contributed by atoms with van der Waals surface area (Å²) in [6, 6.07) is 22.4. The monoisotopic (exact) mass is 316 g/mol. The molecule has 0 bridgehead atoms. The van der Waals surface area contributed by atoms with Crippen molar-refractivity contribution >= 4 is 16.7 Å². The molecule has 0 saturated carbocycles. The van der Waals surface area contributed by atoms with E-state index in [9.17, 15) is 0 Å². The Hall–Kier alpha value is -2.39. The molecule has 3 heteroatoms. The van der Waals surface area contributed by atoms with Gasteiger partial charge in [0.15, 0.2) is 0 Å². The van der Waals surface area contributed by atoms with Crippen LogP contribution in [0, 0.1) is 13.0 Å². The number of hydrogen-bond acceptors (Lipinski definition) is 3. The zero-order valence-corrected chi connectivity index (χ0v) is 14.1. The van der Waals surface area contributed by atoms with E-state index in [-0.39, 0.29) is 0 Å². The van der Waals surface area contributed by atoms with E-state index in [4.69, 9.17) is 4.98 Å². The van der Waals surface area contributed by atoms with Gasteiger partial charge in [-0.25, -0.2) is 4.98 Å². The third kappa shape index (κ3) is 3.26. The van der Waals surface area contributed by atoms with Crippen molar-refractivity contribution in [3.8, 4) is 0 Å². The third-order valence-corrected chi connectivity index (χ3v) is 4.73. The largest absolute Gasteiger partial charge is 0.354 e. The van der Waals surface area contributed by atoms with E-state index in [1.807, 2.05) is 12.1 Å². The number of benzene rings is 2. The van der Waals surface area contributed by atoms with Crippen LogP contribution < -0.4 is 4.90 Å². The van der Waals surface area contributed by atoms with E-state index in [0.717, 1.165) is 49.4 Å². The summed E-state index contributed by atoms with van der Waals surface area (Å²) in [6.45, 7) is 7.37. The maximum Gasteiger partial charge on any atom is 0.129 e. The van der Waals surface area contributed by atoms with E-state index in [0.29, 0.717) is 0 Å². The number of pyridine rings is 1. The lowest BCUT2D eigenvalue weighted by molar-refractivity contribution is 0.249. The number of anilines is 1. The molecule has 1 fully saturated rings. The van der Waals surface area contributed by atoms with Gasteiger partial charge in [0.05, 0.1) is 5.52 Å². The fraction of sp³-hybridized carbons (Fsp3) is 0.286. The molecular formula is C21H22N3. The number of aryl methyl sites for hydroxylation is 1. The fourth-order valence-electron chi connectivity index (χ4n) is 3.25. The molecule has 0 unspecified atom stereocenters. The normalized spacial score (nSPS) is 15.8. The van der Waals surface area contributed by atoms with Gasteiger partial charge in [0.2, 0.25) is 0 Å². The Kier molecular flexibility index (Phi) is 4.18. The van der Waals surface area contributed by atoms with Crippen LogP contribution in [0.4, 0.5) is 5.82 Å². The van der Waals surface area contributed by atoms with Gasteiger partial charge in [-0.05, 0) is 24.6 Å². The van der Waals surface area contributed by atoms with Crippen LogP contribution in [-0.4, -0.2) is 36.1 Å². The highest BCUT2D eigenvalue weighted by Gasteiger charge is 2.18. The SMILES string of the molecule is Cc1ccc(CN2CCN(c3ccc4ccc[c]c4n3)CC2)cc1. The van der Waals surface area contributed by atoms with E-state index in [1.54, 1.807) is 0 Å². The molecule has 0 spiro atoms. The molecule has 1 aliphatic heterocycles. The van der Waals surface area contributed by atoms with E-state index < -0.39 is 0 Å². The minimum Gasteiger partial charge on any atom is -0.354 e. The average Bonchev–Trinajstić information content (AvgIpc) is 2.64. The molecule has 0 aliphatic carbocycles. The Morgan fingerprint density at radius 2 is 1.75 bits per heavy atom. The van der Waals surface area contributed by atoms with Gasteiger partial charge in [-0.2, -0.15) is 0 Å². The molecule has 3 aromatic rings. The Morgan fingerprint density at radius 1 is 0.958 bits per heavy atom. The number of fused-ring (bicyclic) bond motifs is 1. The second kappa shape index (κ2) is 6.62. The molecule has 2 aromatic carbocycles. The van der Waals surface area contributed by atoms with Crippen molar-refractivity contribution in [2.45, 2.75) is 13.5 Å². The van der Waals surface area contributed by atoms with Gasteiger partial charge in [0.25, 0.3) is 0 Å². The van der Waals surface area contributed by atoms with Crippen molar-refractivity contribution < 1.29 is 0 Å². The molecule has 0 atom stereocenters. The molecular weight excluding hydrogens is 294 g/mol. The zero-order chi connectivity index (χ0) is 16.4. The quantitative estimate of drug-likeness (QED) is 0.735. The first-order chi connectivity index (χ1) is 11.8. The summed E-state index contributed by atoms with van der Waals surface area (Å²) in [5.74, 6) is 1.07. The molecule has 1 saturated heterocycles. The topological polar surface area (TPSA) is 19.4 Å². The molecule has 1 aliphatic rings. The Balaban J connectivity index is 1.40. The van der Waals surface area contributed by atoms with Crippen molar-refractivity contribution in [1.29, 1.82) is 0 Å². The molecule has 4 rings (SSSR count). The Morgan fingerprint density at radius 3 is 2.54 bits per heavy atom. The van der Waals surface area contributed by atoms with E-state index in [1.165, 1.54) is 11.1 Å². The summed E-state index contributed by atoms with van der Waals surface area (Å²) >= 11 is 0. The molecule has 0 N–H and O–H groups in total. The van der Waals surface area contributed by atoms with Crippen molar-refractivity contribution in [3.63, 3.8) is 0 Å². The summed E-state index contributed by atoms with van der Waals surface area (Å²) < 4.78 is 0. The van der Waals surface area contributed by atoms with E-state index in [2.05, 4.69) is 65.3 Å². The fourth-order valence-corrected chi connectivity index (χ4v) is 3.25. The van der Waals surface area contributed by atoms with Crippen molar-refractivity contribution in [2.24, 2.45) is 0 Å². The first-order valence-corrected chi connectivity index (χ1v) is 8.58. The average molecular weight is 316 g/mol. The minimum atomic E-state index is 0.956. The molecule has 3 nitrogen and oxygen atoms in total. The predicted molar refractivity (Wildman–Crippen MR) is 99.2 cm³/mol. The van der Waals surface area contributed by atoms with Crippen LogP contribution in [0.3, 0.4) is 0 Å². The summed E-state index contributed by atoms with van der Waals surface area (Å²) in [5.41, 5.74) is 3.67. The number of hydrogen-bond donors (Lipinski definition) is 0. The Labute approximate surface area is 143 Å². The van der Waals surface area contributed by atoms with Crippen molar-refractivity contribution in [2.75, 3.05) is 31.1 Å². The lowest BCUT2D eigenvalue weighted by Crippen LogP contribution is -2.46. The van der Waals surface area contributed by atoms with Crippen LogP contribution >= 0.6 is 0 Å². The van der Waals surface area contributed by atoms with Crippen LogP contribution in [0.5, 0.6) is 0 Å². The number of nitrogens with zero attached hydrogens (tertiary/aromatic N) is 3. The molecule has 1 aromatic heterocycles. The van der Waals surface area contributed by atoms with Gasteiger partial charge < -0.3 is 4.90 Å². The van der Waals surface area contributed by atoms with Crippen LogP contribution in [-0.2, 0) is 6.54 Å². The van der Waals surface area contributed by atoms with Crippen LogP contribution in [0.2, 0.25) is 0 Å². The smallest absolute Gasteiger partial charge is 0.129 e. The molecule has 1 radical (unpaired) electrons. The highest BCUT2D eigenvalue weighted by Crippen LogP contribution is 2.19. The van der Waals surface area contributed by atoms with Gasteiger partial charge in [0.1, 0.15) is 5.82 Å². The number of rotatable bonds is 3. The summed E-state index contributed by atoms with van der Waals surface area (Å²) in [7, 11) is 0. The van der Waals surface area contributed by atoms with Gasteiger partial charge in [0, 0.05) is 44.2 Å². The van der Waals surface area contributed by atoms with Crippen molar-refractivity contribution in [3.05, 3.63) is 71.8 Å². The summed E-state index contributed by atoms with van der Waals surface area (Å²) in [6.07, 6.45) is 0. The van der Waals surface area contributed by atoms with Crippen LogP contribution in [0.25, 0.3) is 10.9 Å². The minimum absolute atomic E-state index is 0.956.